The van der Waals surface area contributed by atoms with Crippen LogP contribution in [0.2, 0.25) is 0 Å². The Morgan fingerprint density at radius 3 is 2.20 bits per heavy atom. The Hall–Kier alpha value is -2.93. The normalized spacial score (nSPS) is 16.0. The van der Waals surface area contributed by atoms with Crippen molar-refractivity contribution in [1.29, 1.82) is 0 Å². The van der Waals surface area contributed by atoms with Gasteiger partial charge < -0.3 is 4.74 Å². The number of rotatable bonds is 3. The van der Waals surface area contributed by atoms with Crippen molar-refractivity contribution in [1.82, 2.24) is 4.90 Å². The highest BCUT2D eigenvalue weighted by Gasteiger charge is 2.39. The zero-order valence-corrected chi connectivity index (χ0v) is 15.4. The van der Waals surface area contributed by atoms with E-state index in [4.69, 9.17) is 4.74 Å². The first-order valence-corrected chi connectivity index (χ1v) is 9.10. The van der Waals surface area contributed by atoms with Gasteiger partial charge in [-0.3, -0.25) is 9.69 Å². The van der Waals surface area contributed by atoms with Gasteiger partial charge in [0.05, 0.1) is 10.6 Å². The fraction of sp³-hybridized carbons (Fsp3) is 0.176. The Morgan fingerprint density at radius 2 is 1.63 bits per heavy atom. The predicted octanol–water partition coefficient (Wildman–Crippen LogP) is 3.75. The topological polar surface area (TPSA) is 66.9 Å². The summed E-state index contributed by atoms with van der Waals surface area (Å²) < 4.78 is 96.0. The molecule has 1 aliphatic rings. The van der Waals surface area contributed by atoms with E-state index in [2.05, 4.69) is 0 Å². The van der Waals surface area contributed by atoms with E-state index in [1.165, 1.54) is 0 Å². The molecule has 0 aliphatic carbocycles. The molecule has 13 heteroatoms. The number of carbonyl (C=O) groups is 2. The molecule has 1 saturated heterocycles. The third-order valence-corrected chi connectivity index (χ3v) is 5.06. The molecule has 0 saturated carbocycles. The summed E-state index contributed by atoms with van der Waals surface area (Å²) in [5.74, 6) is -5.23. The number of alkyl halides is 3. The maximum absolute atomic E-state index is 14.4. The smallest absolute Gasteiger partial charge is 0.340 e. The molecule has 0 radical (unpaired) electrons. The van der Waals surface area contributed by atoms with Gasteiger partial charge in [0.15, 0.2) is 10.8 Å². The van der Waals surface area contributed by atoms with Crippen molar-refractivity contribution in [3.05, 3.63) is 59.4 Å². The summed E-state index contributed by atoms with van der Waals surface area (Å²) in [6.07, 6.45) is 0. The quantitative estimate of drug-likeness (QED) is 0.666. The van der Waals surface area contributed by atoms with Gasteiger partial charge in [-0.15, -0.1) is 0 Å². The molecule has 3 amide bonds. The van der Waals surface area contributed by atoms with Crippen molar-refractivity contribution in [2.75, 3.05) is 18.4 Å². The van der Waals surface area contributed by atoms with E-state index in [-0.39, 0.29) is 0 Å². The Bertz CT molecular complexity index is 1030. The molecule has 2 aromatic carbocycles. The molecule has 3 rings (SSSR count). The number of hydrogen-bond acceptors (Lipinski definition) is 4. The lowest BCUT2D eigenvalue weighted by molar-refractivity contribution is -0.0384. The van der Waals surface area contributed by atoms with Crippen LogP contribution in [0.3, 0.4) is 0 Å². The zero-order valence-electron chi connectivity index (χ0n) is 14.6. The van der Waals surface area contributed by atoms with Crippen LogP contribution < -0.4 is 4.90 Å². The molecule has 1 fully saturated rings. The maximum atomic E-state index is 14.4. The minimum Gasteiger partial charge on any atom is -0.340 e. The van der Waals surface area contributed by atoms with Crippen LogP contribution in [0.15, 0.2) is 41.3 Å². The molecule has 160 valence electrons. The van der Waals surface area contributed by atoms with E-state index in [9.17, 15) is 40.1 Å². The largest absolute Gasteiger partial charge is 0.475 e. The number of anilines is 1. The number of halogens is 6. The van der Waals surface area contributed by atoms with Crippen molar-refractivity contribution in [3.8, 4) is 0 Å². The van der Waals surface area contributed by atoms with Gasteiger partial charge in [-0.1, -0.05) is 6.07 Å². The summed E-state index contributed by atoms with van der Waals surface area (Å²) in [4.78, 5) is 25.0. The molecule has 0 spiro atoms. The van der Waals surface area contributed by atoms with E-state index < -0.39 is 75.3 Å². The summed E-state index contributed by atoms with van der Waals surface area (Å²) in [6.45, 7) is -1.29. The van der Waals surface area contributed by atoms with E-state index in [0.717, 1.165) is 24.3 Å². The molecular formula is C17H10F6N2O4S. The summed E-state index contributed by atoms with van der Waals surface area (Å²) in [7, 11) is -3.50. The number of benzene rings is 2. The van der Waals surface area contributed by atoms with Crippen LogP contribution in [0.25, 0.3) is 0 Å². The van der Waals surface area contributed by atoms with Gasteiger partial charge in [0, 0.05) is 0 Å². The van der Waals surface area contributed by atoms with Crippen molar-refractivity contribution >= 4 is 28.4 Å². The van der Waals surface area contributed by atoms with Gasteiger partial charge in [0.2, 0.25) is 0 Å². The first-order valence-electron chi connectivity index (χ1n) is 7.95. The van der Waals surface area contributed by atoms with Gasteiger partial charge in [-0.2, -0.15) is 13.2 Å². The summed E-state index contributed by atoms with van der Waals surface area (Å²) in [6, 6.07) is 3.12. The molecule has 1 unspecified atom stereocenters. The van der Waals surface area contributed by atoms with E-state index in [1.54, 1.807) is 0 Å². The van der Waals surface area contributed by atoms with E-state index in [0.29, 0.717) is 21.9 Å². The van der Waals surface area contributed by atoms with Gasteiger partial charge in [-0.05, 0) is 30.3 Å². The fourth-order valence-corrected chi connectivity index (χ4v) is 3.26. The molecule has 2 aromatic rings. The third kappa shape index (κ3) is 4.03. The highest BCUT2D eigenvalue weighted by Crippen LogP contribution is 2.30. The number of urea groups is 1. The first-order chi connectivity index (χ1) is 14.0. The van der Waals surface area contributed by atoms with Gasteiger partial charge in [0.25, 0.3) is 5.91 Å². The second-order valence-electron chi connectivity index (χ2n) is 5.83. The molecule has 0 bridgehead atoms. The monoisotopic (exact) mass is 452 g/mol. The minimum absolute atomic E-state index is 0.298. The Kier molecular flexibility index (Phi) is 5.85. The number of ether oxygens (including phenoxy) is 1. The number of imide groups is 1. The zero-order chi connectivity index (χ0) is 22.2. The SMILES string of the molecule is O=C(c1c(F)cccc1F)N1COCN(c2ccc(S(=O)C(F)(F)F)cc2F)C1=O. The Balaban J connectivity index is 1.91. The van der Waals surface area contributed by atoms with Crippen LogP contribution >= 0.6 is 0 Å². The second kappa shape index (κ2) is 8.07. The summed E-state index contributed by atoms with van der Waals surface area (Å²) >= 11 is 0. The average molecular weight is 452 g/mol. The minimum atomic E-state index is -5.12. The van der Waals surface area contributed by atoms with Crippen LogP contribution in [0.5, 0.6) is 0 Å². The van der Waals surface area contributed by atoms with Crippen molar-refractivity contribution in [2.24, 2.45) is 0 Å². The molecule has 1 atom stereocenters. The standard InChI is InChI=1S/C17H10F6N2O4S/c18-10-2-1-3-11(19)14(10)15(26)25-8-29-7-24(16(25)27)13-5-4-9(6-12(13)20)30(28)17(21,22)23/h1-6H,7-8H2. The molecule has 1 heterocycles. The van der Waals surface area contributed by atoms with E-state index >= 15 is 0 Å². The molecular weight excluding hydrogens is 442 g/mol. The Labute approximate surface area is 167 Å². The first kappa shape index (κ1) is 21.8. The molecule has 30 heavy (non-hydrogen) atoms. The van der Waals surface area contributed by atoms with Crippen LogP contribution in [0.4, 0.5) is 36.8 Å². The number of carbonyl (C=O) groups excluding carboxylic acids is 2. The molecule has 1 aliphatic heterocycles. The summed E-state index contributed by atoms with van der Waals surface area (Å²) in [5, 5.41) is 0. The third-order valence-electron chi connectivity index (χ3n) is 3.96. The van der Waals surface area contributed by atoms with Crippen LogP contribution in [0.1, 0.15) is 10.4 Å². The lowest BCUT2D eigenvalue weighted by Crippen LogP contribution is -2.53. The van der Waals surface area contributed by atoms with Gasteiger partial charge in [-0.25, -0.2) is 27.1 Å². The number of amides is 3. The molecule has 0 aromatic heterocycles. The average Bonchev–Trinajstić information content (AvgIpc) is 2.67. The predicted molar refractivity (Wildman–Crippen MR) is 90.1 cm³/mol. The fourth-order valence-electron chi connectivity index (χ4n) is 2.59. The highest BCUT2D eigenvalue weighted by molar-refractivity contribution is 7.86. The van der Waals surface area contributed by atoms with Crippen LogP contribution in [0, 0.1) is 17.5 Å². The van der Waals surface area contributed by atoms with Crippen LogP contribution in [-0.4, -0.2) is 40.0 Å². The second-order valence-corrected chi connectivity index (χ2v) is 7.30. The van der Waals surface area contributed by atoms with Gasteiger partial charge >= 0.3 is 11.5 Å². The summed E-state index contributed by atoms with van der Waals surface area (Å²) in [5.41, 5.74) is -6.74. The van der Waals surface area contributed by atoms with E-state index in [1.807, 2.05) is 0 Å². The number of nitrogens with zero attached hydrogens (tertiary/aromatic N) is 2. The maximum Gasteiger partial charge on any atom is 0.475 e. The lowest BCUT2D eigenvalue weighted by Gasteiger charge is -2.34. The van der Waals surface area contributed by atoms with Crippen molar-refractivity contribution in [2.45, 2.75) is 10.4 Å². The molecule has 6 nitrogen and oxygen atoms in total. The number of hydrogen-bond donors (Lipinski definition) is 0. The van der Waals surface area contributed by atoms with Crippen molar-refractivity contribution < 1.29 is 44.9 Å². The Morgan fingerprint density at radius 1 is 1.00 bits per heavy atom. The van der Waals surface area contributed by atoms with Gasteiger partial charge in [0.1, 0.15) is 36.5 Å². The van der Waals surface area contributed by atoms with Crippen molar-refractivity contribution in [3.63, 3.8) is 0 Å². The molecule has 0 N–H and O–H groups in total. The highest BCUT2D eigenvalue weighted by atomic mass is 32.2. The lowest BCUT2D eigenvalue weighted by atomic mass is 10.1. The van der Waals surface area contributed by atoms with Crippen LogP contribution in [-0.2, 0) is 15.5 Å².